The second kappa shape index (κ2) is 4.82. The van der Waals surface area contributed by atoms with Crippen molar-refractivity contribution in [2.24, 2.45) is 0 Å². The number of hydrogen-bond acceptors (Lipinski definition) is 4. The number of methoxy groups -OCH3 is 1. The van der Waals surface area contributed by atoms with Gasteiger partial charge in [0.05, 0.1) is 22.9 Å². The average Bonchev–Trinajstić information content (AvgIpc) is 2.50. The molecule has 0 aliphatic heterocycles. The molecule has 4 heteroatoms. The Bertz CT molecular complexity index is 339. The van der Waals surface area contributed by atoms with Crippen molar-refractivity contribution in [2.45, 2.75) is 45.1 Å². The van der Waals surface area contributed by atoms with Crippen LogP contribution in [-0.4, -0.2) is 29.4 Å². The van der Waals surface area contributed by atoms with Gasteiger partial charge < -0.3 is 9.84 Å². The molecule has 0 aromatic carbocycles. The monoisotopic (exact) mass is 243 g/mol. The molecule has 0 saturated carbocycles. The van der Waals surface area contributed by atoms with E-state index in [9.17, 15) is 5.11 Å². The first-order valence-electron chi connectivity index (χ1n) is 5.41. The summed E-state index contributed by atoms with van der Waals surface area (Å²) in [4.78, 5) is 4.55. The topological polar surface area (TPSA) is 42.4 Å². The largest absolute Gasteiger partial charge is 0.387 e. The standard InChI is InChI=1S/C12H21NO2S/c1-11(2,3)9-7-16-10(13-9)6-12(4,14)8-15-5/h7,14H,6,8H2,1-5H3. The van der Waals surface area contributed by atoms with Gasteiger partial charge in [0, 0.05) is 24.3 Å². The van der Waals surface area contributed by atoms with Gasteiger partial charge in [0.1, 0.15) is 0 Å². The molecule has 3 nitrogen and oxygen atoms in total. The molecule has 0 spiro atoms. The minimum atomic E-state index is -0.832. The molecule has 1 N–H and O–H groups in total. The molecule has 92 valence electrons. The van der Waals surface area contributed by atoms with Crippen LogP contribution in [0.4, 0.5) is 0 Å². The lowest BCUT2D eigenvalue weighted by atomic mass is 9.93. The van der Waals surface area contributed by atoms with Crippen molar-refractivity contribution in [2.75, 3.05) is 13.7 Å². The number of aromatic nitrogens is 1. The third-order valence-electron chi connectivity index (χ3n) is 2.31. The van der Waals surface area contributed by atoms with Gasteiger partial charge in [-0.15, -0.1) is 11.3 Å². The van der Waals surface area contributed by atoms with Crippen molar-refractivity contribution in [1.82, 2.24) is 4.98 Å². The van der Waals surface area contributed by atoms with Gasteiger partial charge in [-0.25, -0.2) is 4.98 Å². The summed E-state index contributed by atoms with van der Waals surface area (Å²) in [6.07, 6.45) is 0.543. The minimum Gasteiger partial charge on any atom is -0.387 e. The predicted octanol–water partition coefficient (Wildman–Crippen LogP) is 2.38. The molecule has 0 radical (unpaired) electrons. The number of aliphatic hydroxyl groups is 1. The zero-order chi connectivity index (χ0) is 12.4. The second-order valence-electron chi connectivity index (χ2n) is 5.48. The van der Waals surface area contributed by atoms with Gasteiger partial charge in [0.2, 0.25) is 0 Å². The highest BCUT2D eigenvalue weighted by Gasteiger charge is 2.24. The molecule has 0 aliphatic rings. The molecule has 0 fully saturated rings. The predicted molar refractivity (Wildman–Crippen MR) is 67.0 cm³/mol. The summed E-state index contributed by atoms with van der Waals surface area (Å²) < 4.78 is 4.98. The van der Waals surface area contributed by atoms with Gasteiger partial charge in [0.25, 0.3) is 0 Å². The Balaban J connectivity index is 2.73. The van der Waals surface area contributed by atoms with E-state index < -0.39 is 5.60 Å². The van der Waals surface area contributed by atoms with E-state index >= 15 is 0 Å². The maximum absolute atomic E-state index is 10.0. The van der Waals surface area contributed by atoms with E-state index in [4.69, 9.17) is 4.74 Å². The van der Waals surface area contributed by atoms with E-state index in [0.29, 0.717) is 13.0 Å². The smallest absolute Gasteiger partial charge is 0.0958 e. The molecule has 1 rings (SSSR count). The van der Waals surface area contributed by atoms with E-state index in [0.717, 1.165) is 10.7 Å². The van der Waals surface area contributed by atoms with Crippen LogP contribution in [0.25, 0.3) is 0 Å². The van der Waals surface area contributed by atoms with Crippen LogP contribution < -0.4 is 0 Å². The van der Waals surface area contributed by atoms with Gasteiger partial charge in [-0.3, -0.25) is 0 Å². The van der Waals surface area contributed by atoms with E-state index in [-0.39, 0.29) is 5.41 Å². The number of rotatable bonds is 4. The molecule has 0 bridgehead atoms. The molecule has 1 heterocycles. The molecule has 1 atom stereocenters. The van der Waals surface area contributed by atoms with Crippen molar-refractivity contribution >= 4 is 11.3 Å². The summed E-state index contributed by atoms with van der Waals surface area (Å²) in [5.74, 6) is 0. The molecular formula is C12H21NO2S. The maximum atomic E-state index is 10.0. The Morgan fingerprint density at radius 1 is 1.38 bits per heavy atom. The quantitative estimate of drug-likeness (QED) is 0.883. The molecule has 1 aromatic heterocycles. The second-order valence-corrected chi connectivity index (χ2v) is 6.43. The average molecular weight is 243 g/mol. The highest BCUT2D eigenvalue weighted by Crippen LogP contribution is 2.25. The minimum absolute atomic E-state index is 0.0713. The number of hydrogen-bond donors (Lipinski definition) is 1. The van der Waals surface area contributed by atoms with Gasteiger partial charge in [-0.2, -0.15) is 0 Å². The molecule has 1 unspecified atom stereocenters. The fourth-order valence-corrected chi connectivity index (χ4v) is 2.62. The van der Waals surface area contributed by atoms with Crippen molar-refractivity contribution in [3.63, 3.8) is 0 Å². The van der Waals surface area contributed by atoms with Crippen LogP contribution in [0.2, 0.25) is 0 Å². The van der Waals surface area contributed by atoms with Crippen LogP contribution in [0.5, 0.6) is 0 Å². The molecule has 16 heavy (non-hydrogen) atoms. The Kier molecular flexibility index (Phi) is 4.10. The zero-order valence-corrected chi connectivity index (χ0v) is 11.5. The summed E-state index contributed by atoms with van der Waals surface area (Å²) in [6, 6.07) is 0. The lowest BCUT2D eigenvalue weighted by molar-refractivity contribution is -0.0161. The Labute approximate surface area is 101 Å². The normalized spacial score (nSPS) is 16.1. The number of ether oxygens (including phenoxy) is 1. The fourth-order valence-electron chi connectivity index (χ4n) is 1.42. The molecule has 1 aromatic rings. The highest BCUT2D eigenvalue weighted by molar-refractivity contribution is 7.09. The van der Waals surface area contributed by atoms with E-state index in [1.807, 2.05) is 0 Å². The van der Waals surface area contributed by atoms with Crippen LogP contribution in [0.1, 0.15) is 38.4 Å². The van der Waals surface area contributed by atoms with Crippen molar-refractivity contribution in [1.29, 1.82) is 0 Å². The molecular weight excluding hydrogens is 222 g/mol. The van der Waals surface area contributed by atoms with Crippen LogP contribution in [-0.2, 0) is 16.6 Å². The van der Waals surface area contributed by atoms with E-state index in [1.165, 1.54) is 0 Å². The van der Waals surface area contributed by atoms with Crippen molar-refractivity contribution in [3.8, 4) is 0 Å². The Morgan fingerprint density at radius 3 is 2.44 bits per heavy atom. The summed E-state index contributed by atoms with van der Waals surface area (Å²) >= 11 is 1.60. The van der Waals surface area contributed by atoms with Gasteiger partial charge in [0.15, 0.2) is 0 Å². The first kappa shape index (κ1) is 13.6. The zero-order valence-electron chi connectivity index (χ0n) is 10.7. The summed E-state index contributed by atoms with van der Waals surface area (Å²) in [5.41, 5.74) is 0.324. The first-order chi connectivity index (χ1) is 7.24. The third kappa shape index (κ3) is 3.85. The van der Waals surface area contributed by atoms with Gasteiger partial charge >= 0.3 is 0 Å². The van der Waals surface area contributed by atoms with Gasteiger partial charge in [-0.05, 0) is 6.92 Å². The highest BCUT2D eigenvalue weighted by atomic mass is 32.1. The SMILES string of the molecule is COCC(C)(O)Cc1nc(C(C)(C)C)cs1. The first-order valence-corrected chi connectivity index (χ1v) is 6.29. The summed E-state index contributed by atoms with van der Waals surface area (Å²) in [6.45, 7) is 8.52. The third-order valence-corrected chi connectivity index (χ3v) is 3.16. The molecule has 0 saturated heterocycles. The summed E-state index contributed by atoms with van der Waals surface area (Å²) in [5, 5.41) is 13.1. The van der Waals surface area contributed by atoms with Crippen LogP contribution in [0.15, 0.2) is 5.38 Å². The van der Waals surface area contributed by atoms with Crippen LogP contribution in [0, 0.1) is 0 Å². The van der Waals surface area contributed by atoms with Gasteiger partial charge in [-0.1, -0.05) is 20.8 Å². The number of nitrogens with zero attached hydrogens (tertiary/aromatic N) is 1. The lowest BCUT2D eigenvalue weighted by Gasteiger charge is -2.20. The molecule has 0 aliphatic carbocycles. The fraction of sp³-hybridized carbons (Fsp3) is 0.750. The Hall–Kier alpha value is -0.450. The lowest BCUT2D eigenvalue weighted by Crippen LogP contribution is -2.32. The van der Waals surface area contributed by atoms with E-state index in [1.54, 1.807) is 25.4 Å². The van der Waals surface area contributed by atoms with Crippen LogP contribution in [0.3, 0.4) is 0 Å². The maximum Gasteiger partial charge on any atom is 0.0958 e. The van der Waals surface area contributed by atoms with Crippen LogP contribution >= 0.6 is 11.3 Å². The number of thiazole rings is 1. The van der Waals surface area contributed by atoms with Crippen molar-refractivity contribution < 1.29 is 9.84 Å². The summed E-state index contributed by atoms with van der Waals surface area (Å²) in [7, 11) is 1.59. The molecule has 0 amide bonds. The van der Waals surface area contributed by atoms with E-state index in [2.05, 4.69) is 31.1 Å². The van der Waals surface area contributed by atoms with Crippen molar-refractivity contribution in [3.05, 3.63) is 16.1 Å². The Morgan fingerprint density at radius 2 is 2.00 bits per heavy atom.